The first-order valence-electron chi connectivity index (χ1n) is 5.01. The van der Waals surface area contributed by atoms with Crippen molar-refractivity contribution in [1.82, 2.24) is 19.7 Å². The molecule has 0 fully saturated rings. The average molecular weight is 270 g/mol. The van der Waals surface area contributed by atoms with E-state index in [-0.39, 0.29) is 22.1 Å². The molecule has 1 N–H and O–H groups in total. The Morgan fingerprint density at radius 2 is 2.26 bits per heavy atom. The summed E-state index contributed by atoms with van der Waals surface area (Å²) in [4.78, 5) is 18.5. The lowest BCUT2D eigenvalue weighted by atomic mass is 10.3. The first kappa shape index (κ1) is 12.9. The zero-order valence-electron chi connectivity index (χ0n) is 9.62. The van der Waals surface area contributed by atoms with Crippen molar-refractivity contribution in [3.8, 4) is 17.4 Å². The minimum Gasteiger partial charge on any atom is -0.481 e. The van der Waals surface area contributed by atoms with Crippen LogP contribution in [0.25, 0.3) is 11.5 Å². The third kappa shape index (κ3) is 2.49. The summed E-state index contributed by atoms with van der Waals surface area (Å²) in [6, 6.07) is 2.44. The van der Waals surface area contributed by atoms with Gasteiger partial charge in [0.1, 0.15) is 5.69 Å². The normalized spacial score (nSPS) is 10.7. The maximum Gasteiger partial charge on any atom is 0.354 e. The number of aromatic carboxylic acids is 1. The molecule has 0 saturated heterocycles. The lowest BCUT2D eigenvalue weighted by Gasteiger charge is -2.01. The third-order valence-electron chi connectivity index (χ3n) is 2.21. The fourth-order valence-corrected chi connectivity index (χ4v) is 1.39. The molecule has 2 rings (SSSR count). The van der Waals surface area contributed by atoms with Crippen molar-refractivity contribution in [3.05, 3.63) is 24.0 Å². The SMILES string of the molecule is COc1ccnc(-c2cc(C(=O)O)n(C(F)F)n2)n1. The van der Waals surface area contributed by atoms with Gasteiger partial charge in [-0.05, 0) is 0 Å². The highest BCUT2D eigenvalue weighted by atomic mass is 19.3. The minimum atomic E-state index is -3.06. The number of carbonyl (C=O) groups is 1. The van der Waals surface area contributed by atoms with Gasteiger partial charge in [0.05, 0.1) is 7.11 Å². The summed E-state index contributed by atoms with van der Waals surface area (Å²) in [5.74, 6) is -1.29. The summed E-state index contributed by atoms with van der Waals surface area (Å²) in [6.45, 7) is -3.06. The minimum absolute atomic E-state index is 0.00116. The quantitative estimate of drug-likeness (QED) is 0.904. The monoisotopic (exact) mass is 270 g/mol. The number of rotatable bonds is 4. The van der Waals surface area contributed by atoms with Crippen LogP contribution in [0, 0.1) is 0 Å². The lowest BCUT2D eigenvalue weighted by Crippen LogP contribution is -2.10. The fraction of sp³-hybridized carbons (Fsp3) is 0.200. The van der Waals surface area contributed by atoms with Crippen molar-refractivity contribution < 1.29 is 23.4 Å². The smallest absolute Gasteiger partial charge is 0.354 e. The van der Waals surface area contributed by atoms with E-state index in [2.05, 4.69) is 15.1 Å². The lowest BCUT2D eigenvalue weighted by molar-refractivity contribution is 0.0440. The van der Waals surface area contributed by atoms with E-state index >= 15 is 0 Å². The second-order valence-electron chi connectivity index (χ2n) is 3.36. The standard InChI is InChI=1S/C10H8F2N4O3/c1-19-7-2-3-13-8(14-7)5-4-6(9(17)18)16(15-5)10(11)12/h2-4,10H,1H3,(H,17,18). The Balaban J connectivity index is 2.50. The number of ether oxygens (including phenoxy) is 1. The number of nitrogens with zero attached hydrogens (tertiary/aromatic N) is 4. The number of halogens is 2. The van der Waals surface area contributed by atoms with Gasteiger partial charge < -0.3 is 9.84 Å². The Labute approximate surface area is 105 Å². The zero-order chi connectivity index (χ0) is 14.0. The first-order valence-corrected chi connectivity index (χ1v) is 5.01. The van der Waals surface area contributed by atoms with Crippen molar-refractivity contribution in [2.45, 2.75) is 6.55 Å². The van der Waals surface area contributed by atoms with Gasteiger partial charge in [-0.15, -0.1) is 0 Å². The average Bonchev–Trinajstić information content (AvgIpc) is 2.84. The van der Waals surface area contributed by atoms with Crippen LogP contribution in [0.1, 0.15) is 17.0 Å². The third-order valence-corrected chi connectivity index (χ3v) is 2.21. The summed E-state index contributed by atoms with van der Waals surface area (Å²) in [5.41, 5.74) is -0.715. The van der Waals surface area contributed by atoms with Crippen LogP contribution < -0.4 is 4.74 Å². The summed E-state index contributed by atoms with van der Waals surface area (Å²) in [6.07, 6.45) is 1.35. The van der Waals surface area contributed by atoms with Crippen LogP contribution in [0.4, 0.5) is 8.78 Å². The number of methoxy groups -OCH3 is 1. The topological polar surface area (TPSA) is 90.1 Å². The number of carboxylic acids is 1. The molecule has 0 bridgehead atoms. The maximum absolute atomic E-state index is 12.6. The second-order valence-corrected chi connectivity index (χ2v) is 3.36. The predicted molar refractivity (Wildman–Crippen MR) is 58.0 cm³/mol. The van der Waals surface area contributed by atoms with Gasteiger partial charge in [0.2, 0.25) is 5.88 Å². The van der Waals surface area contributed by atoms with Crippen molar-refractivity contribution in [2.75, 3.05) is 7.11 Å². The van der Waals surface area contributed by atoms with E-state index in [4.69, 9.17) is 9.84 Å². The molecule has 0 aliphatic rings. The van der Waals surface area contributed by atoms with Crippen LogP contribution in [0.3, 0.4) is 0 Å². The summed E-state index contributed by atoms with van der Waals surface area (Å²) in [5, 5.41) is 12.3. The summed E-state index contributed by atoms with van der Waals surface area (Å²) in [7, 11) is 1.38. The molecule has 9 heteroatoms. The van der Waals surface area contributed by atoms with Crippen molar-refractivity contribution in [1.29, 1.82) is 0 Å². The second kappa shape index (κ2) is 4.96. The van der Waals surface area contributed by atoms with Gasteiger partial charge >= 0.3 is 12.5 Å². The van der Waals surface area contributed by atoms with Gasteiger partial charge in [-0.2, -0.15) is 23.5 Å². The molecule has 0 amide bonds. The van der Waals surface area contributed by atoms with Crippen LogP contribution in [-0.4, -0.2) is 37.9 Å². The Morgan fingerprint density at radius 1 is 1.53 bits per heavy atom. The van der Waals surface area contributed by atoms with Crippen molar-refractivity contribution in [3.63, 3.8) is 0 Å². The van der Waals surface area contributed by atoms with Crippen LogP contribution in [-0.2, 0) is 0 Å². The van der Waals surface area contributed by atoms with E-state index in [0.717, 1.165) is 6.07 Å². The Morgan fingerprint density at radius 3 is 2.79 bits per heavy atom. The van der Waals surface area contributed by atoms with Gasteiger partial charge in [0.25, 0.3) is 0 Å². The van der Waals surface area contributed by atoms with Crippen LogP contribution in [0.5, 0.6) is 5.88 Å². The molecule has 0 unspecified atom stereocenters. The fourth-order valence-electron chi connectivity index (χ4n) is 1.39. The van der Waals surface area contributed by atoms with Crippen LogP contribution >= 0.6 is 0 Å². The van der Waals surface area contributed by atoms with Crippen molar-refractivity contribution in [2.24, 2.45) is 0 Å². The van der Waals surface area contributed by atoms with E-state index in [1.165, 1.54) is 19.4 Å². The van der Waals surface area contributed by atoms with Gasteiger partial charge in [-0.25, -0.2) is 9.78 Å². The van der Waals surface area contributed by atoms with Crippen molar-refractivity contribution >= 4 is 5.97 Å². The van der Waals surface area contributed by atoms with E-state index in [1.807, 2.05) is 0 Å². The Hall–Kier alpha value is -2.58. The molecule has 0 spiro atoms. The Kier molecular flexibility index (Phi) is 3.36. The Bertz CT molecular complexity index is 615. The number of hydrogen-bond donors (Lipinski definition) is 1. The number of hydrogen-bond acceptors (Lipinski definition) is 5. The number of aromatic nitrogens is 4. The molecule has 0 radical (unpaired) electrons. The molecular formula is C10H8F2N4O3. The number of carboxylic acid groups (broad SMARTS) is 1. The highest BCUT2D eigenvalue weighted by Crippen LogP contribution is 2.21. The van der Waals surface area contributed by atoms with E-state index in [9.17, 15) is 13.6 Å². The maximum atomic E-state index is 12.6. The first-order chi connectivity index (χ1) is 9.02. The highest BCUT2D eigenvalue weighted by molar-refractivity contribution is 5.87. The molecule has 2 aromatic heterocycles. The molecule has 0 aliphatic carbocycles. The van der Waals surface area contributed by atoms with Gasteiger partial charge in [-0.3, -0.25) is 0 Å². The molecule has 0 atom stereocenters. The zero-order valence-corrected chi connectivity index (χ0v) is 9.62. The van der Waals surface area contributed by atoms with E-state index in [1.54, 1.807) is 0 Å². The number of alkyl halides is 2. The highest BCUT2D eigenvalue weighted by Gasteiger charge is 2.21. The summed E-state index contributed by atoms with van der Waals surface area (Å²) < 4.78 is 30.2. The molecule has 19 heavy (non-hydrogen) atoms. The molecule has 0 aromatic carbocycles. The van der Waals surface area contributed by atoms with Gasteiger partial charge in [0.15, 0.2) is 11.5 Å². The van der Waals surface area contributed by atoms with Gasteiger partial charge in [-0.1, -0.05) is 0 Å². The van der Waals surface area contributed by atoms with E-state index in [0.29, 0.717) is 0 Å². The van der Waals surface area contributed by atoms with E-state index < -0.39 is 18.2 Å². The summed E-state index contributed by atoms with van der Waals surface area (Å²) >= 11 is 0. The van der Waals surface area contributed by atoms with Crippen LogP contribution in [0.15, 0.2) is 18.3 Å². The van der Waals surface area contributed by atoms with Gasteiger partial charge in [0, 0.05) is 18.3 Å². The molecule has 100 valence electrons. The molecule has 2 heterocycles. The molecular weight excluding hydrogens is 262 g/mol. The molecule has 0 aliphatic heterocycles. The molecule has 7 nitrogen and oxygen atoms in total. The van der Waals surface area contributed by atoms with Crippen LogP contribution in [0.2, 0.25) is 0 Å². The largest absolute Gasteiger partial charge is 0.481 e. The molecule has 0 saturated carbocycles. The predicted octanol–water partition coefficient (Wildman–Crippen LogP) is 1.44. The molecule has 2 aromatic rings.